The highest BCUT2D eigenvalue weighted by Gasteiger charge is 2.27. The third kappa shape index (κ3) is 3.54. The molecule has 0 spiro atoms. The van der Waals surface area contributed by atoms with Crippen LogP contribution in [-0.2, 0) is 16.2 Å². The molecule has 2 unspecified atom stereocenters. The van der Waals surface area contributed by atoms with Gasteiger partial charge >= 0.3 is 0 Å². The summed E-state index contributed by atoms with van der Waals surface area (Å²) in [5.74, 6) is -0.0327. The average molecular weight is 234 g/mol. The fourth-order valence-corrected chi connectivity index (χ4v) is 2.10. The van der Waals surface area contributed by atoms with Crippen molar-refractivity contribution < 1.29 is 9.63 Å². The average Bonchev–Trinajstić information content (AvgIpc) is 2.77. The normalized spacial score (nSPS) is 23.6. The van der Waals surface area contributed by atoms with E-state index >= 15 is 0 Å². The SMILES string of the molecule is NC1CCC(C(=O)NOCc2ccccc2)C1. The molecule has 17 heavy (non-hydrogen) atoms. The maximum Gasteiger partial charge on any atom is 0.246 e. The minimum absolute atomic E-state index is 0.0146. The summed E-state index contributed by atoms with van der Waals surface area (Å²) in [5, 5.41) is 0. The molecule has 1 saturated carbocycles. The van der Waals surface area contributed by atoms with Crippen LogP contribution in [0.4, 0.5) is 0 Å². The van der Waals surface area contributed by atoms with Gasteiger partial charge in [0.05, 0.1) is 6.61 Å². The van der Waals surface area contributed by atoms with Gasteiger partial charge in [-0.2, -0.15) is 0 Å². The summed E-state index contributed by atoms with van der Waals surface area (Å²) in [5.41, 5.74) is 9.30. The fraction of sp³-hybridized carbons (Fsp3) is 0.462. The zero-order valence-electron chi connectivity index (χ0n) is 9.76. The Balaban J connectivity index is 1.70. The van der Waals surface area contributed by atoms with Gasteiger partial charge in [0, 0.05) is 12.0 Å². The van der Waals surface area contributed by atoms with E-state index in [1.165, 1.54) is 0 Å². The van der Waals surface area contributed by atoms with E-state index < -0.39 is 0 Å². The second-order valence-electron chi connectivity index (χ2n) is 4.51. The highest BCUT2D eigenvalue weighted by Crippen LogP contribution is 2.23. The number of rotatable bonds is 4. The van der Waals surface area contributed by atoms with E-state index in [4.69, 9.17) is 10.6 Å². The summed E-state index contributed by atoms with van der Waals surface area (Å²) in [6.45, 7) is 0.394. The monoisotopic (exact) mass is 234 g/mol. The van der Waals surface area contributed by atoms with Crippen molar-refractivity contribution in [2.45, 2.75) is 31.9 Å². The predicted octanol–water partition coefficient (Wildman–Crippen LogP) is 1.36. The number of nitrogens with two attached hydrogens (primary N) is 1. The maximum atomic E-state index is 11.7. The van der Waals surface area contributed by atoms with Crippen LogP contribution in [0.25, 0.3) is 0 Å². The first-order chi connectivity index (χ1) is 8.25. The first-order valence-corrected chi connectivity index (χ1v) is 5.97. The molecule has 0 saturated heterocycles. The van der Waals surface area contributed by atoms with Gasteiger partial charge in [-0.25, -0.2) is 5.48 Å². The van der Waals surface area contributed by atoms with Gasteiger partial charge in [-0.05, 0) is 24.8 Å². The summed E-state index contributed by atoms with van der Waals surface area (Å²) in [6.07, 6.45) is 2.55. The van der Waals surface area contributed by atoms with Gasteiger partial charge < -0.3 is 5.73 Å². The molecule has 92 valence electrons. The molecular weight excluding hydrogens is 216 g/mol. The Bertz CT molecular complexity index is 367. The van der Waals surface area contributed by atoms with Crippen molar-refractivity contribution in [1.82, 2.24) is 5.48 Å². The van der Waals surface area contributed by atoms with E-state index in [-0.39, 0.29) is 17.9 Å². The summed E-state index contributed by atoms with van der Waals surface area (Å²) >= 11 is 0. The van der Waals surface area contributed by atoms with E-state index in [9.17, 15) is 4.79 Å². The number of hydrogen-bond acceptors (Lipinski definition) is 3. The Labute approximate surface area is 101 Å². The molecule has 0 aromatic heterocycles. The minimum Gasteiger partial charge on any atom is -0.328 e. The molecule has 3 N–H and O–H groups in total. The molecule has 1 fully saturated rings. The van der Waals surface area contributed by atoms with Gasteiger partial charge in [-0.1, -0.05) is 30.3 Å². The number of nitrogens with one attached hydrogen (secondary N) is 1. The summed E-state index contributed by atoms with van der Waals surface area (Å²) in [6, 6.07) is 9.91. The molecule has 0 heterocycles. The van der Waals surface area contributed by atoms with Gasteiger partial charge in [-0.15, -0.1) is 0 Å². The van der Waals surface area contributed by atoms with Crippen molar-refractivity contribution in [3.63, 3.8) is 0 Å². The van der Waals surface area contributed by atoms with Gasteiger partial charge in [-0.3, -0.25) is 9.63 Å². The molecule has 0 aliphatic heterocycles. The van der Waals surface area contributed by atoms with Gasteiger partial charge in [0.25, 0.3) is 0 Å². The number of hydroxylamine groups is 1. The van der Waals surface area contributed by atoms with E-state index in [0.29, 0.717) is 6.61 Å². The van der Waals surface area contributed by atoms with Gasteiger partial charge in [0.2, 0.25) is 5.91 Å². The van der Waals surface area contributed by atoms with E-state index in [0.717, 1.165) is 24.8 Å². The lowest BCUT2D eigenvalue weighted by atomic mass is 10.1. The first-order valence-electron chi connectivity index (χ1n) is 5.97. The van der Waals surface area contributed by atoms with Crippen LogP contribution in [0.2, 0.25) is 0 Å². The van der Waals surface area contributed by atoms with Crippen molar-refractivity contribution in [3.8, 4) is 0 Å². The van der Waals surface area contributed by atoms with Crippen LogP contribution >= 0.6 is 0 Å². The van der Waals surface area contributed by atoms with Crippen molar-refractivity contribution in [3.05, 3.63) is 35.9 Å². The number of benzene rings is 1. The highest BCUT2D eigenvalue weighted by atomic mass is 16.6. The molecule has 4 nitrogen and oxygen atoms in total. The lowest BCUT2D eigenvalue weighted by Gasteiger charge is -2.10. The topological polar surface area (TPSA) is 64.4 Å². The molecule has 1 amide bonds. The minimum atomic E-state index is -0.0473. The number of carbonyl (C=O) groups is 1. The van der Waals surface area contributed by atoms with E-state index in [1.807, 2.05) is 30.3 Å². The van der Waals surface area contributed by atoms with Crippen LogP contribution < -0.4 is 11.2 Å². The quantitative estimate of drug-likeness (QED) is 0.773. The van der Waals surface area contributed by atoms with Crippen LogP contribution in [0.15, 0.2) is 30.3 Å². The number of carbonyl (C=O) groups excluding carboxylic acids is 1. The zero-order valence-corrected chi connectivity index (χ0v) is 9.76. The van der Waals surface area contributed by atoms with Crippen LogP contribution in [0.5, 0.6) is 0 Å². The van der Waals surface area contributed by atoms with Crippen molar-refractivity contribution in [2.75, 3.05) is 0 Å². The van der Waals surface area contributed by atoms with Gasteiger partial charge in [0.1, 0.15) is 0 Å². The maximum absolute atomic E-state index is 11.7. The smallest absolute Gasteiger partial charge is 0.246 e. The summed E-state index contributed by atoms with van der Waals surface area (Å²) in [4.78, 5) is 16.9. The van der Waals surface area contributed by atoms with Crippen LogP contribution in [-0.4, -0.2) is 11.9 Å². The first kappa shape index (κ1) is 12.1. The predicted molar refractivity (Wildman–Crippen MR) is 64.7 cm³/mol. The molecule has 1 aromatic carbocycles. The Hall–Kier alpha value is -1.39. The Kier molecular flexibility index (Phi) is 4.12. The lowest BCUT2D eigenvalue weighted by molar-refractivity contribution is -0.138. The molecule has 2 rings (SSSR count). The molecule has 0 bridgehead atoms. The summed E-state index contributed by atoms with van der Waals surface area (Å²) in [7, 11) is 0. The zero-order chi connectivity index (χ0) is 12.1. The molecule has 0 radical (unpaired) electrons. The van der Waals surface area contributed by atoms with Gasteiger partial charge in [0.15, 0.2) is 0 Å². The second-order valence-corrected chi connectivity index (χ2v) is 4.51. The highest BCUT2D eigenvalue weighted by molar-refractivity contribution is 5.77. The molecule has 2 atom stereocenters. The van der Waals surface area contributed by atoms with E-state index in [2.05, 4.69) is 5.48 Å². The molecule has 1 aliphatic rings. The summed E-state index contributed by atoms with van der Waals surface area (Å²) < 4.78 is 0. The van der Waals surface area contributed by atoms with Crippen molar-refractivity contribution in [1.29, 1.82) is 0 Å². The van der Waals surface area contributed by atoms with Crippen LogP contribution in [0, 0.1) is 5.92 Å². The number of amides is 1. The Morgan fingerprint density at radius 2 is 2.12 bits per heavy atom. The molecule has 4 heteroatoms. The Morgan fingerprint density at radius 3 is 2.76 bits per heavy atom. The molecular formula is C13H18N2O2. The fourth-order valence-electron chi connectivity index (χ4n) is 2.10. The van der Waals surface area contributed by atoms with Crippen LogP contribution in [0.3, 0.4) is 0 Å². The largest absolute Gasteiger partial charge is 0.328 e. The standard InChI is InChI=1S/C13H18N2O2/c14-12-7-6-11(8-12)13(16)15-17-9-10-4-2-1-3-5-10/h1-5,11-12H,6-9,14H2,(H,15,16). The Morgan fingerprint density at radius 1 is 1.35 bits per heavy atom. The molecule has 1 aliphatic carbocycles. The van der Waals surface area contributed by atoms with E-state index in [1.54, 1.807) is 0 Å². The number of hydrogen-bond donors (Lipinski definition) is 2. The van der Waals surface area contributed by atoms with Crippen molar-refractivity contribution >= 4 is 5.91 Å². The second kappa shape index (κ2) is 5.80. The molecule has 1 aromatic rings. The lowest BCUT2D eigenvalue weighted by Crippen LogP contribution is -2.30. The van der Waals surface area contributed by atoms with Crippen LogP contribution in [0.1, 0.15) is 24.8 Å². The van der Waals surface area contributed by atoms with Crippen molar-refractivity contribution in [2.24, 2.45) is 11.7 Å². The third-order valence-electron chi connectivity index (χ3n) is 3.10. The third-order valence-corrected chi connectivity index (χ3v) is 3.10.